The number of ether oxygens (including phenoxy) is 2. The van der Waals surface area contributed by atoms with E-state index < -0.39 is 42.4 Å². The van der Waals surface area contributed by atoms with Gasteiger partial charge in [0.15, 0.2) is 6.23 Å². The van der Waals surface area contributed by atoms with Crippen LogP contribution < -0.4 is 11.2 Å². The van der Waals surface area contributed by atoms with E-state index in [1.54, 1.807) is 0 Å². The molecular formula is C11H16N2O6. The van der Waals surface area contributed by atoms with Crippen molar-refractivity contribution in [3.63, 3.8) is 0 Å². The molecule has 2 rings (SSSR count). The molecule has 1 fully saturated rings. The minimum atomic E-state index is -1.05. The Morgan fingerprint density at radius 3 is 2.74 bits per heavy atom. The molecule has 0 bridgehead atoms. The zero-order valence-corrected chi connectivity index (χ0v) is 10.6. The number of aromatic nitrogens is 2. The fourth-order valence-corrected chi connectivity index (χ4v) is 2.13. The van der Waals surface area contributed by atoms with Gasteiger partial charge in [-0.05, 0) is 0 Å². The Balaban J connectivity index is 2.44. The maximum atomic E-state index is 12.0. The molecule has 4 unspecified atom stereocenters. The molecule has 0 aromatic carbocycles. The van der Waals surface area contributed by atoms with Crippen LogP contribution >= 0.6 is 0 Å². The highest BCUT2D eigenvalue weighted by molar-refractivity contribution is 4.94. The van der Waals surface area contributed by atoms with Crippen LogP contribution in [0.1, 0.15) is 6.23 Å². The van der Waals surface area contributed by atoms with Crippen LogP contribution in [0.2, 0.25) is 0 Å². The van der Waals surface area contributed by atoms with E-state index in [0.717, 1.165) is 9.13 Å². The maximum absolute atomic E-state index is 12.0. The van der Waals surface area contributed by atoms with Gasteiger partial charge in [-0.3, -0.25) is 13.9 Å². The lowest BCUT2D eigenvalue weighted by molar-refractivity contribution is -0.0630. The summed E-state index contributed by atoms with van der Waals surface area (Å²) in [6, 6.07) is 1.22. The van der Waals surface area contributed by atoms with Crippen molar-refractivity contribution in [3.8, 4) is 0 Å². The molecule has 0 saturated carbocycles. The van der Waals surface area contributed by atoms with Crippen molar-refractivity contribution in [3.05, 3.63) is 33.1 Å². The number of hydrogen-bond acceptors (Lipinski definition) is 6. The monoisotopic (exact) mass is 272 g/mol. The Bertz CT molecular complexity index is 565. The van der Waals surface area contributed by atoms with Crippen molar-refractivity contribution >= 4 is 0 Å². The van der Waals surface area contributed by atoms with Gasteiger partial charge in [0.1, 0.15) is 18.3 Å². The van der Waals surface area contributed by atoms with Gasteiger partial charge < -0.3 is 19.7 Å². The molecule has 19 heavy (non-hydrogen) atoms. The topological polar surface area (TPSA) is 103 Å². The molecule has 2 heterocycles. The fraction of sp³-hybridized carbons (Fsp3) is 0.636. The smallest absolute Gasteiger partial charge is 0.332 e. The summed E-state index contributed by atoms with van der Waals surface area (Å²) in [5.74, 6) is 0. The first-order valence-corrected chi connectivity index (χ1v) is 5.76. The summed E-state index contributed by atoms with van der Waals surface area (Å²) in [6.07, 6.45) is -2.29. The van der Waals surface area contributed by atoms with Crippen molar-refractivity contribution in [2.75, 3.05) is 13.7 Å². The van der Waals surface area contributed by atoms with Gasteiger partial charge in [0.2, 0.25) is 0 Å². The Hall–Kier alpha value is -1.48. The third kappa shape index (κ3) is 2.23. The number of hydrogen-bond donors (Lipinski definition) is 2. The molecule has 8 heteroatoms. The molecule has 0 radical (unpaired) electrons. The molecule has 1 aliphatic heterocycles. The van der Waals surface area contributed by atoms with Gasteiger partial charge in [0, 0.05) is 26.4 Å². The van der Waals surface area contributed by atoms with Crippen molar-refractivity contribution < 1.29 is 19.7 Å². The van der Waals surface area contributed by atoms with Crippen molar-refractivity contribution in [2.24, 2.45) is 7.05 Å². The Labute approximate surface area is 108 Å². The van der Waals surface area contributed by atoms with E-state index in [4.69, 9.17) is 14.6 Å². The van der Waals surface area contributed by atoms with E-state index in [-0.39, 0.29) is 0 Å². The van der Waals surface area contributed by atoms with E-state index in [1.165, 1.54) is 26.4 Å². The lowest BCUT2D eigenvalue weighted by Gasteiger charge is -2.20. The van der Waals surface area contributed by atoms with Crippen LogP contribution in [0, 0.1) is 0 Å². The molecule has 4 atom stereocenters. The maximum Gasteiger partial charge on any atom is 0.332 e. The van der Waals surface area contributed by atoms with E-state index in [1.807, 2.05) is 0 Å². The van der Waals surface area contributed by atoms with Crippen LogP contribution in [-0.4, -0.2) is 51.4 Å². The molecule has 8 nitrogen and oxygen atoms in total. The molecular weight excluding hydrogens is 256 g/mol. The first kappa shape index (κ1) is 13.9. The predicted octanol–water partition coefficient (Wildman–Crippen LogP) is -2.19. The number of rotatable bonds is 3. The van der Waals surface area contributed by atoms with Crippen LogP contribution in [-0.2, 0) is 16.5 Å². The minimum Gasteiger partial charge on any atom is -0.394 e. The van der Waals surface area contributed by atoms with Gasteiger partial charge in [-0.15, -0.1) is 0 Å². The molecule has 106 valence electrons. The van der Waals surface area contributed by atoms with Crippen LogP contribution in [0.5, 0.6) is 0 Å². The third-order valence-corrected chi connectivity index (χ3v) is 3.26. The highest BCUT2D eigenvalue weighted by Gasteiger charge is 2.45. The molecule has 1 aliphatic rings. The lowest BCUT2D eigenvalue weighted by atomic mass is 10.1. The normalized spacial score (nSPS) is 30.7. The van der Waals surface area contributed by atoms with Gasteiger partial charge in [-0.25, -0.2) is 4.79 Å². The SMILES string of the molecule is COC1C(O)C(CO)OC1n1ccc(=O)n(C)c1=O. The van der Waals surface area contributed by atoms with E-state index in [2.05, 4.69) is 0 Å². The second-order valence-corrected chi connectivity index (χ2v) is 4.34. The summed E-state index contributed by atoms with van der Waals surface area (Å²) >= 11 is 0. The van der Waals surface area contributed by atoms with Crippen LogP contribution in [0.3, 0.4) is 0 Å². The number of nitrogens with zero attached hydrogens (tertiary/aromatic N) is 2. The molecule has 1 saturated heterocycles. The van der Waals surface area contributed by atoms with Gasteiger partial charge in [-0.1, -0.05) is 0 Å². The van der Waals surface area contributed by atoms with Gasteiger partial charge in [0.25, 0.3) is 5.56 Å². The predicted molar refractivity (Wildman–Crippen MR) is 63.7 cm³/mol. The average molecular weight is 272 g/mol. The fourth-order valence-electron chi connectivity index (χ4n) is 2.13. The lowest BCUT2D eigenvalue weighted by Crippen LogP contribution is -2.42. The number of aliphatic hydroxyl groups excluding tert-OH is 2. The molecule has 2 N–H and O–H groups in total. The first-order chi connectivity index (χ1) is 9.01. The average Bonchev–Trinajstić information content (AvgIpc) is 2.72. The quantitative estimate of drug-likeness (QED) is 0.648. The van der Waals surface area contributed by atoms with Crippen molar-refractivity contribution in [1.82, 2.24) is 9.13 Å². The molecule has 0 spiro atoms. The van der Waals surface area contributed by atoms with E-state index >= 15 is 0 Å². The Morgan fingerprint density at radius 1 is 1.47 bits per heavy atom. The van der Waals surface area contributed by atoms with Crippen LogP contribution in [0.15, 0.2) is 21.9 Å². The molecule has 0 aliphatic carbocycles. The molecule has 0 amide bonds. The van der Waals surface area contributed by atoms with Crippen molar-refractivity contribution in [2.45, 2.75) is 24.5 Å². The highest BCUT2D eigenvalue weighted by Crippen LogP contribution is 2.29. The van der Waals surface area contributed by atoms with Crippen LogP contribution in [0.25, 0.3) is 0 Å². The molecule has 1 aromatic rings. The van der Waals surface area contributed by atoms with Gasteiger partial charge in [-0.2, -0.15) is 0 Å². The summed E-state index contributed by atoms with van der Waals surface area (Å²) < 4.78 is 12.6. The first-order valence-electron chi connectivity index (χ1n) is 5.76. The van der Waals surface area contributed by atoms with Crippen molar-refractivity contribution in [1.29, 1.82) is 0 Å². The summed E-state index contributed by atoms with van der Waals surface area (Å²) in [6.45, 7) is -0.391. The summed E-state index contributed by atoms with van der Waals surface area (Å²) in [5, 5.41) is 19.0. The van der Waals surface area contributed by atoms with E-state index in [9.17, 15) is 14.7 Å². The van der Waals surface area contributed by atoms with E-state index in [0.29, 0.717) is 0 Å². The summed E-state index contributed by atoms with van der Waals surface area (Å²) in [7, 11) is 2.72. The molecule has 1 aromatic heterocycles. The Kier molecular flexibility index (Phi) is 3.85. The summed E-state index contributed by atoms with van der Waals surface area (Å²) in [5.41, 5.74) is -1.02. The minimum absolute atomic E-state index is 0.391. The zero-order valence-electron chi connectivity index (χ0n) is 10.6. The highest BCUT2D eigenvalue weighted by atomic mass is 16.6. The van der Waals surface area contributed by atoms with Crippen LogP contribution in [0.4, 0.5) is 0 Å². The van der Waals surface area contributed by atoms with Gasteiger partial charge in [0.05, 0.1) is 6.61 Å². The third-order valence-electron chi connectivity index (χ3n) is 3.26. The largest absolute Gasteiger partial charge is 0.394 e. The summed E-state index contributed by atoms with van der Waals surface area (Å²) in [4.78, 5) is 23.3. The second-order valence-electron chi connectivity index (χ2n) is 4.34. The second kappa shape index (κ2) is 5.25. The number of aliphatic hydroxyl groups is 2. The Morgan fingerprint density at radius 2 is 2.16 bits per heavy atom. The van der Waals surface area contributed by atoms with Gasteiger partial charge >= 0.3 is 5.69 Å². The zero-order chi connectivity index (χ0) is 14.2. The standard InChI is InChI=1S/C11H16N2O6/c1-12-7(15)3-4-13(11(12)17)10-9(18-2)8(16)6(5-14)19-10/h3-4,6,8-10,14,16H,5H2,1-2H3. The number of methoxy groups -OCH3 is 1.